The van der Waals surface area contributed by atoms with E-state index in [-0.39, 0.29) is 0 Å². The van der Waals surface area contributed by atoms with Crippen LogP contribution in [0.15, 0.2) is 0 Å². The van der Waals surface area contributed by atoms with Crippen molar-refractivity contribution in [2.75, 3.05) is 6.61 Å². The van der Waals surface area contributed by atoms with E-state index in [9.17, 15) is 4.57 Å². The highest BCUT2D eigenvalue weighted by Crippen LogP contribution is 2.37. The normalized spacial score (nSPS) is 19.5. The third-order valence-electron chi connectivity index (χ3n) is 1.12. The molecule has 0 aromatic rings. The molecule has 0 spiro atoms. The average Bonchev–Trinajstić information content (AvgIpc) is 1.98. The van der Waals surface area contributed by atoms with Gasteiger partial charge in [-0.1, -0.05) is 0 Å². The lowest BCUT2D eigenvalue weighted by atomic mass is 10.2. The molecule has 9 heteroatoms. The van der Waals surface area contributed by atoms with Crippen LogP contribution in [-0.4, -0.2) is 55.3 Å². The summed E-state index contributed by atoms with van der Waals surface area (Å²) in [4.78, 5) is 16.3. The van der Waals surface area contributed by atoms with Gasteiger partial charge in [0.05, 0.1) is 6.61 Å². The molecule has 80 valence electrons. The number of phosphoric ester groups is 1. The number of phosphoric acid groups is 1. The van der Waals surface area contributed by atoms with E-state index in [1.165, 1.54) is 0 Å². The Hall–Kier alpha value is -0.0500. The molecule has 0 aromatic heterocycles. The summed E-state index contributed by atoms with van der Waals surface area (Å²) in [6, 6.07) is 0. The SMILES string of the molecule is O=P(O)(O)OC(O)[C@@H](O)[C@@H](O)CO. The lowest BCUT2D eigenvalue weighted by Crippen LogP contribution is -2.40. The quantitative estimate of drug-likeness (QED) is 0.213. The van der Waals surface area contributed by atoms with Gasteiger partial charge in [-0.25, -0.2) is 4.57 Å². The molecule has 0 aliphatic carbocycles. The second-order valence-corrected chi connectivity index (χ2v) is 3.42. The molecule has 6 N–H and O–H groups in total. The van der Waals surface area contributed by atoms with E-state index in [1.807, 2.05) is 0 Å². The van der Waals surface area contributed by atoms with Gasteiger partial charge in [-0.05, 0) is 0 Å². The van der Waals surface area contributed by atoms with Crippen LogP contribution < -0.4 is 0 Å². The van der Waals surface area contributed by atoms with Crippen molar-refractivity contribution < 1.29 is 39.3 Å². The second-order valence-electron chi connectivity index (χ2n) is 2.23. The highest BCUT2D eigenvalue weighted by Gasteiger charge is 2.30. The molecule has 13 heavy (non-hydrogen) atoms. The van der Waals surface area contributed by atoms with Crippen molar-refractivity contribution in [2.45, 2.75) is 18.5 Å². The molecule has 0 bridgehead atoms. The minimum absolute atomic E-state index is 0.872. The molecule has 0 aliphatic heterocycles. The van der Waals surface area contributed by atoms with Gasteiger partial charge in [0.15, 0.2) is 6.29 Å². The summed E-state index contributed by atoms with van der Waals surface area (Å²) >= 11 is 0. The van der Waals surface area contributed by atoms with Crippen molar-refractivity contribution in [1.82, 2.24) is 0 Å². The predicted molar refractivity (Wildman–Crippen MR) is 38.2 cm³/mol. The van der Waals surface area contributed by atoms with Crippen molar-refractivity contribution in [2.24, 2.45) is 0 Å². The van der Waals surface area contributed by atoms with Crippen molar-refractivity contribution in [3.63, 3.8) is 0 Å². The first-order chi connectivity index (χ1) is 5.78. The molecule has 0 saturated heterocycles. The third-order valence-corrected chi connectivity index (χ3v) is 1.61. The third kappa shape index (κ3) is 5.29. The van der Waals surface area contributed by atoms with Crippen LogP contribution >= 0.6 is 7.82 Å². The van der Waals surface area contributed by atoms with E-state index in [0.717, 1.165) is 0 Å². The summed E-state index contributed by atoms with van der Waals surface area (Å²) in [5, 5.41) is 34.5. The van der Waals surface area contributed by atoms with Gasteiger partial charge < -0.3 is 30.2 Å². The minimum Gasteiger partial charge on any atom is -0.394 e. The highest BCUT2D eigenvalue weighted by atomic mass is 31.2. The Morgan fingerprint density at radius 3 is 2.00 bits per heavy atom. The molecule has 8 nitrogen and oxygen atoms in total. The van der Waals surface area contributed by atoms with Crippen LogP contribution in [0.2, 0.25) is 0 Å². The molecule has 0 saturated carbocycles. The van der Waals surface area contributed by atoms with Gasteiger partial charge in [0, 0.05) is 0 Å². The molecule has 0 rings (SSSR count). The van der Waals surface area contributed by atoms with E-state index in [4.69, 9.17) is 30.2 Å². The van der Waals surface area contributed by atoms with Crippen molar-refractivity contribution in [3.8, 4) is 0 Å². The van der Waals surface area contributed by atoms with Gasteiger partial charge in [0.25, 0.3) is 0 Å². The first-order valence-electron chi connectivity index (χ1n) is 3.17. The van der Waals surface area contributed by atoms with E-state index in [1.54, 1.807) is 0 Å². The predicted octanol–water partition coefficient (Wildman–Crippen LogP) is -2.87. The van der Waals surface area contributed by atoms with Gasteiger partial charge in [-0.15, -0.1) is 0 Å². The summed E-state index contributed by atoms with van der Waals surface area (Å²) in [6.45, 7) is -0.872. The Balaban J connectivity index is 4.11. The number of hydrogen-bond acceptors (Lipinski definition) is 6. The maximum Gasteiger partial charge on any atom is 0.472 e. The van der Waals surface area contributed by atoms with Crippen molar-refractivity contribution in [1.29, 1.82) is 0 Å². The Morgan fingerprint density at radius 1 is 1.23 bits per heavy atom. The summed E-state index contributed by atoms with van der Waals surface area (Å²) in [5.41, 5.74) is 0. The molecule has 0 aliphatic rings. The fourth-order valence-corrected chi connectivity index (χ4v) is 0.907. The maximum atomic E-state index is 10.1. The van der Waals surface area contributed by atoms with E-state index >= 15 is 0 Å². The molecule has 0 fully saturated rings. The van der Waals surface area contributed by atoms with Crippen LogP contribution in [0.5, 0.6) is 0 Å². The van der Waals surface area contributed by atoms with Crippen LogP contribution in [0.4, 0.5) is 0 Å². The fourth-order valence-electron chi connectivity index (χ4n) is 0.501. The Morgan fingerprint density at radius 2 is 1.69 bits per heavy atom. The molecule has 0 aromatic carbocycles. The lowest BCUT2D eigenvalue weighted by Gasteiger charge is -2.21. The van der Waals surface area contributed by atoms with E-state index < -0.39 is 32.9 Å². The highest BCUT2D eigenvalue weighted by molar-refractivity contribution is 7.46. The monoisotopic (exact) mass is 218 g/mol. The Kier molecular flexibility index (Phi) is 4.97. The standard InChI is InChI=1S/C4H11O8P/c5-1-2(6)3(7)4(8)12-13(9,10)11/h2-8H,1H2,(H2,9,10,11)/t2-,3-,4?/m0/s1. The summed E-state index contributed by atoms with van der Waals surface area (Å²) in [5.74, 6) is 0. The van der Waals surface area contributed by atoms with Gasteiger partial charge in [-0.3, -0.25) is 4.52 Å². The maximum absolute atomic E-state index is 10.1. The largest absolute Gasteiger partial charge is 0.472 e. The fraction of sp³-hybridized carbons (Fsp3) is 1.00. The number of aliphatic hydroxyl groups excluding tert-OH is 4. The first-order valence-corrected chi connectivity index (χ1v) is 4.70. The smallest absolute Gasteiger partial charge is 0.394 e. The number of hydrogen-bond donors (Lipinski definition) is 6. The van der Waals surface area contributed by atoms with Crippen LogP contribution in [0.1, 0.15) is 0 Å². The second kappa shape index (κ2) is 4.99. The van der Waals surface area contributed by atoms with Gasteiger partial charge in [0.2, 0.25) is 0 Å². The molecule has 0 amide bonds. The summed E-state index contributed by atoms with van der Waals surface area (Å²) < 4.78 is 13.7. The van der Waals surface area contributed by atoms with Crippen molar-refractivity contribution in [3.05, 3.63) is 0 Å². The van der Waals surface area contributed by atoms with Crippen LogP contribution in [0, 0.1) is 0 Å². The zero-order valence-corrected chi connectivity index (χ0v) is 7.28. The summed E-state index contributed by atoms with van der Waals surface area (Å²) in [6.07, 6.45) is -5.98. The summed E-state index contributed by atoms with van der Waals surface area (Å²) in [7, 11) is -4.93. The molecule has 0 radical (unpaired) electrons. The molecule has 3 atom stereocenters. The zero-order valence-electron chi connectivity index (χ0n) is 6.39. The average molecular weight is 218 g/mol. The van der Waals surface area contributed by atoms with Crippen LogP contribution in [0.3, 0.4) is 0 Å². The van der Waals surface area contributed by atoms with Gasteiger partial charge in [-0.2, -0.15) is 0 Å². The van der Waals surface area contributed by atoms with E-state index in [2.05, 4.69) is 4.52 Å². The Bertz CT molecular complexity index is 189. The van der Waals surface area contributed by atoms with Gasteiger partial charge in [0.1, 0.15) is 12.2 Å². The van der Waals surface area contributed by atoms with Crippen molar-refractivity contribution >= 4 is 7.82 Å². The first kappa shape index (κ1) is 12.9. The molecular formula is C4H11O8P. The molecule has 1 unspecified atom stereocenters. The number of rotatable bonds is 5. The number of aliphatic hydroxyl groups is 4. The van der Waals surface area contributed by atoms with E-state index in [0.29, 0.717) is 0 Å². The minimum atomic E-state index is -4.93. The zero-order chi connectivity index (χ0) is 10.6. The van der Waals surface area contributed by atoms with Crippen LogP contribution in [-0.2, 0) is 9.09 Å². The van der Waals surface area contributed by atoms with Gasteiger partial charge >= 0.3 is 7.82 Å². The topological polar surface area (TPSA) is 148 Å². The van der Waals surface area contributed by atoms with Crippen LogP contribution in [0.25, 0.3) is 0 Å². The Labute approximate surface area is 73.3 Å². The lowest BCUT2D eigenvalue weighted by molar-refractivity contribution is -0.157. The molecular weight excluding hydrogens is 207 g/mol. The molecule has 0 heterocycles.